The summed E-state index contributed by atoms with van der Waals surface area (Å²) in [4.78, 5) is 38.8. The SMILES string of the molecule is CC[C@@H](C)Nc1cc(C)c(-c2sc(C(=O)N[C@@H]3CC[C@@H](O)C3)nc2C(=O)N2C3CCC2CC3)cn1. The molecule has 2 aromatic heterocycles. The van der Waals surface area contributed by atoms with Crippen molar-refractivity contribution in [2.45, 2.75) is 102 Å². The zero-order valence-electron chi connectivity index (χ0n) is 20.7. The topological polar surface area (TPSA) is 107 Å². The van der Waals surface area contributed by atoms with Gasteiger partial charge in [0.2, 0.25) is 0 Å². The number of nitrogens with zero attached hydrogens (tertiary/aromatic N) is 3. The molecule has 3 aliphatic rings. The normalized spacial score (nSPS) is 26.2. The Kier molecular flexibility index (Phi) is 6.81. The van der Waals surface area contributed by atoms with Gasteiger partial charge in [0, 0.05) is 35.9 Å². The average molecular weight is 498 g/mol. The molecular weight excluding hydrogens is 462 g/mol. The highest BCUT2D eigenvalue weighted by molar-refractivity contribution is 7.17. The summed E-state index contributed by atoms with van der Waals surface area (Å²) in [6.07, 6.45) is 8.59. The standard InChI is InChI=1S/C26H35N5O3S/c1-4-15(3)28-21-11-14(2)20(13-27-21)23-22(26(34)31-17-6-7-18(31)9-8-17)30-25(35-23)24(33)29-16-5-10-19(32)12-16/h11,13,15-19,32H,4-10,12H2,1-3H3,(H,27,28)(H,29,33)/t15-,16-,17?,18?,19-/m1/s1. The van der Waals surface area contributed by atoms with Gasteiger partial charge in [-0.15, -0.1) is 11.3 Å². The van der Waals surface area contributed by atoms with Gasteiger partial charge in [0.25, 0.3) is 11.8 Å². The first-order valence-corrected chi connectivity index (χ1v) is 13.7. The number of carbonyl (C=O) groups is 2. The fraction of sp³-hybridized carbons (Fsp3) is 0.615. The number of anilines is 1. The fourth-order valence-corrected chi connectivity index (χ4v) is 6.71. The number of thiazole rings is 1. The molecule has 2 amide bonds. The highest BCUT2D eigenvalue weighted by Gasteiger charge is 2.44. The van der Waals surface area contributed by atoms with Crippen LogP contribution in [0.25, 0.3) is 10.4 Å². The summed E-state index contributed by atoms with van der Waals surface area (Å²) in [5.74, 6) is 0.450. The van der Waals surface area contributed by atoms with E-state index in [9.17, 15) is 14.7 Å². The van der Waals surface area contributed by atoms with Gasteiger partial charge in [-0.25, -0.2) is 9.97 Å². The van der Waals surface area contributed by atoms with Crippen LogP contribution in [0.2, 0.25) is 0 Å². The number of nitrogens with one attached hydrogen (secondary N) is 2. The molecule has 35 heavy (non-hydrogen) atoms. The molecule has 0 spiro atoms. The summed E-state index contributed by atoms with van der Waals surface area (Å²) in [6, 6.07) is 2.80. The molecule has 0 radical (unpaired) electrons. The van der Waals surface area contributed by atoms with Crippen molar-refractivity contribution in [1.82, 2.24) is 20.2 Å². The lowest BCUT2D eigenvalue weighted by Gasteiger charge is -2.21. The summed E-state index contributed by atoms with van der Waals surface area (Å²) in [7, 11) is 0. The van der Waals surface area contributed by atoms with Crippen molar-refractivity contribution >= 4 is 29.0 Å². The van der Waals surface area contributed by atoms with Gasteiger partial charge >= 0.3 is 0 Å². The Morgan fingerprint density at radius 1 is 1.20 bits per heavy atom. The number of pyridine rings is 1. The number of aliphatic hydroxyl groups excluding tert-OH is 1. The van der Waals surface area contributed by atoms with Gasteiger partial charge in [-0.1, -0.05) is 6.92 Å². The van der Waals surface area contributed by atoms with E-state index in [0.29, 0.717) is 29.5 Å². The van der Waals surface area contributed by atoms with Crippen LogP contribution in [0.15, 0.2) is 12.3 Å². The predicted octanol–water partition coefficient (Wildman–Crippen LogP) is 4.13. The zero-order valence-corrected chi connectivity index (χ0v) is 21.5. The maximum absolute atomic E-state index is 13.8. The minimum atomic E-state index is -0.369. The molecule has 2 aliphatic heterocycles. The van der Waals surface area contributed by atoms with Crippen LogP contribution in [-0.2, 0) is 0 Å². The van der Waals surface area contributed by atoms with Crippen LogP contribution in [0.3, 0.4) is 0 Å². The first kappa shape index (κ1) is 24.2. The van der Waals surface area contributed by atoms with Crippen LogP contribution in [0, 0.1) is 6.92 Å². The van der Waals surface area contributed by atoms with Crippen molar-refractivity contribution in [2.24, 2.45) is 0 Å². The third-order valence-corrected chi connectivity index (χ3v) is 8.90. The first-order chi connectivity index (χ1) is 16.8. The van der Waals surface area contributed by atoms with Crippen molar-refractivity contribution < 1.29 is 14.7 Å². The Morgan fingerprint density at radius 3 is 2.51 bits per heavy atom. The van der Waals surface area contributed by atoms with Crippen molar-refractivity contribution in [3.05, 3.63) is 28.5 Å². The van der Waals surface area contributed by atoms with Crippen LogP contribution in [0.5, 0.6) is 0 Å². The second-order valence-corrected chi connectivity index (χ2v) is 11.3. The molecule has 2 bridgehead atoms. The fourth-order valence-electron chi connectivity index (χ4n) is 5.67. The number of hydrogen-bond donors (Lipinski definition) is 3. The number of amides is 2. The number of aromatic nitrogens is 2. The molecule has 0 unspecified atom stereocenters. The van der Waals surface area contributed by atoms with E-state index in [1.807, 2.05) is 17.9 Å². The lowest BCUT2D eigenvalue weighted by atomic mass is 10.0. The highest BCUT2D eigenvalue weighted by atomic mass is 32.1. The maximum Gasteiger partial charge on any atom is 0.280 e. The van der Waals surface area contributed by atoms with Crippen LogP contribution < -0.4 is 10.6 Å². The van der Waals surface area contributed by atoms with Crippen molar-refractivity contribution in [3.63, 3.8) is 0 Å². The molecule has 0 aromatic carbocycles. The highest BCUT2D eigenvalue weighted by Crippen LogP contribution is 2.41. The average Bonchev–Trinajstić information content (AvgIpc) is 3.63. The maximum atomic E-state index is 13.8. The third-order valence-electron chi connectivity index (χ3n) is 7.81. The van der Waals surface area contributed by atoms with Gasteiger partial charge in [-0.3, -0.25) is 9.59 Å². The third kappa shape index (κ3) is 4.80. The number of aryl methyl sites for hydroxylation is 1. The Morgan fingerprint density at radius 2 is 1.91 bits per heavy atom. The number of rotatable bonds is 7. The minimum absolute atomic E-state index is 0.0623. The van der Waals surface area contributed by atoms with E-state index in [2.05, 4.69) is 34.4 Å². The zero-order chi connectivity index (χ0) is 24.7. The Hall–Kier alpha value is -2.52. The number of carbonyl (C=O) groups excluding carboxylic acids is 2. The second-order valence-electron chi connectivity index (χ2n) is 10.3. The second kappa shape index (κ2) is 9.85. The number of aliphatic hydroxyl groups is 1. The molecule has 3 fully saturated rings. The molecule has 3 N–H and O–H groups in total. The van der Waals surface area contributed by atoms with Crippen molar-refractivity contribution in [3.8, 4) is 10.4 Å². The smallest absolute Gasteiger partial charge is 0.280 e. The van der Waals surface area contributed by atoms with Crippen LogP contribution in [0.1, 0.15) is 91.1 Å². The molecule has 8 nitrogen and oxygen atoms in total. The molecule has 2 aromatic rings. The van der Waals surface area contributed by atoms with E-state index in [-0.39, 0.29) is 41.1 Å². The Bertz CT molecular complexity index is 1100. The monoisotopic (exact) mass is 497 g/mol. The molecular formula is C26H35N5O3S. The Balaban J connectivity index is 1.48. The van der Waals surface area contributed by atoms with Gasteiger partial charge in [0.15, 0.2) is 5.01 Å². The Labute approximate surface area is 210 Å². The molecule has 5 rings (SSSR count). The summed E-state index contributed by atoms with van der Waals surface area (Å²) in [5, 5.41) is 16.5. The first-order valence-electron chi connectivity index (χ1n) is 12.9. The van der Waals surface area contributed by atoms with Gasteiger partial charge in [-0.2, -0.15) is 0 Å². The van der Waals surface area contributed by atoms with E-state index in [4.69, 9.17) is 0 Å². The summed E-state index contributed by atoms with van der Waals surface area (Å²) in [6.45, 7) is 6.24. The lowest BCUT2D eigenvalue weighted by molar-refractivity contribution is 0.0725. The van der Waals surface area contributed by atoms with E-state index >= 15 is 0 Å². The van der Waals surface area contributed by atoms with Gasteiger partial charge < -0.3 is 20.6 Å². The van der Waals surface area contributed by atoms with E-state index in [1.165, 1.54) is 11.3 Å². The molecule has 188 valence electrons. The summed E-state index contributed by atoms with van der Waals surface area (Å²) >= 11 is 1.26. The van der Waals surface area contributed by atoms with Crippen molar-refractivity contribution in [1.29, 1.82) is 0 Å². The largest absolute Gasteiger partial charge is 0.393 e. The van der Waals surface area contributed by atoms with E-state index < -0.39 is 0 Å². The molecule has 1 aliphatic carbocycles. The van der Waals surface area contributed by atoms with Gasteiger partial charge in [0.1, 0.15) is 11.5 Å². The minimum Gasteiger partial charge on any atom is -0.393 e. The summed E-state index contributed by atoms with van der Waals surface area (Å²) < 4.78 is 0. The number of fused-ring (bicyclic) bond motifs is 2. The predicted molar refractivity (Wildman–Crippen MR) is 137 cm³/mol. The number of hydrogen-bond acceptors (Lipinski definition) is 7. The lowest BCUT2D eigenvalue weighted by Crippen LogP contribution is -2.36. The molecule has 1 saturated carbocycles. The van der Waals surface area contributed by atoms with Gasteiger partial charge in [-0.05, 0) is 76.8 Å². The van der Waals surface area contributed by atoms with E-state index in [0.717, 1.165) is 55.5 Å². The molecule has 4 heterocycles. The van der Waals surface area contributed by atoms with Crippen molar-refractivity contribution in [2.75, 3.05) is 5.32 Å². The molecule has 9 heteroatoms. The van der Waals surface area contributed by atoms with Gasteiger partial charge in [0.05, 0.1) is 11.0 Å². The van der Waals surface area contributed by atoms with E-state index in [1.54, 1.807) is 6.20 Å². The van der Waals surface area contributed by atoms with Crippen LogP contribution in [0.4, 0.5) is 5.82 Å². The van der Waals surface area contributed by atoms with Crippen LogP contribution >= 0.6 is 11.3 Å². The quantitative estimate of drug-likeness (QED) is 0.531. The van der Waals surface area contributed by atoms with Crippen LogP contribution in [-0.4, -0.2) is 62.1 Å². The molecule has 3 atom stereocenters. The summed E-state index contributed by atoms with van der Waals surface area (Å²) in [5.41, 5.74) is 2.18. The molecule has 2 saturated heterocycles.